The number of phenolic OH excluding ortho intramolecular Hbond substituents is 1. The number of rotatable bonds is 5. The first-order valence-corrected chi connectivity index (χ1v) is 6.05. The molecule has 1 unspecified atom stereocenters. The molecule has 0 saturated heterocycles. The fourth-order valence-electron chi connectivity index (χ4n) is 1.97. The van der Waals surface area contributed by atoms with Crippen LogP contribution in [0, 0.1) is 13.8 Å². The predicted molar refractivity (Wildman–Crippen MR) is 70.5 cm³/mol. The van der Waals surface area contributed by atoms with Gasteiger partial charge >= 0.3 is 5.97 Å². The van der Waals surface area contributed by atoms with Crippen molar-refractivity contribution in [1.82, 2.24) is 0 Å². The maximum absolute atomic E-state index is 11.0. The quantitative estimate of drug-likeness (QED) is 0.783. The lowest BCUT2D eigenvalue weighted by Crippen LogP contribution is -2.24. The first kappa shape index (κ1) is 14.5. The van der Waals surface area contributed by atoms with Crippen molar-refractivity contribution in [2.24, 2.45) is 5.73 Å². The van der Waals surface area contributed by atoms with Crippen LogP contribution in [0.3, 0.4) is 0 Å². The molecule has 4 heteroatoms. The first-order chi connectivity index (χ1) is 8.43. The predicted octanol–water partition coefficient (Wildman–Crippen LogP) is 1.83. The molecule has 1 aromatic rings. The Labute approximate surface area is 108 Å². The Morgan fingerprint density at radius 3 is 2.44 bits per heavy atom. The number of ether oxygens (including phenoxy) is 1. The van der Waals surface area contributed by atoms with Crippen LogP contribution in [0.1, 0.15) is 29.5 Å². The van der Waals surface area contributed by atoms with Gasteiger partial charge < -0.3 is 15.6 Å². The van der Waals surface area contributed by atoms with E-state index in [4.69, 9.17) is 5.73 Å². The number of esters is 1. The number of aryl methyl sites for hydroxylation is 2. The maximum Gasteiger partial charge on any atom is 0.305 e. The lowest BCUT2D eigenvalue weighted by atomic mass is 9.98. The standard InChI is InChI=1S/C14H21NO3/c1-9-6-11(7-10(2)14(9)17)8-12(15)4-5-13(16)18-3/h6-7,12,17H,4-5,8,15H2,1-3H3. The van der Waals surface area contributed by atoms with E-state index in [0.29, 0.717) is 25.0 Å². The molecule has 0 aliphatic rings. The number of benzene rings is 1. The van der Waals surface area contributed by atoms with Gasteiger partial charge in [0.2, 0.25) is 0 Å². The monoisotopic (exact) mass is 251 g/mol. The summed E-state index contributed by atoms with van der Waals surface area (Å²) in [4.78, 5) is 11.0. The second-order valence-corrected chi connectivity index (χ2v) is 4.66. The van der Waals surface area contributed by atoms with Gasteiger partial charge in [-0.25, -0.2) is 0 Å². The highest BCUT2D eigenvalue weighted by molar-refractivity contribution is 5.69. The molecule has 0 radical (unpaired) electrons. The number of carbonyl (C=O) groups excluding carboxylic acids is 1. The fraction of sp³-hybridized carbons (Fsp3) is 0.500. The summed E-state index contributed by atoms with van der Waals surface area (Å²) in [6, 6.07) is 3.79. The molecule has 1 rings (SSSR count). The minimum Gasteiger partial charge on any atom is -0.507 e. The van der Waals surface area contributed by atoms with E-state index in [9.17, 15) is 9.90 Å². The van der Waals surface area contributed by atoms with Crippen LogP contribution in [0.15, 0.2) is 12.1 Å². The number of aromatic hydroxyl groups is 1. The molecule has 0 amide bonds. The summed E-state index contributed by atoms with van der Waals surface area (Å²) < 4.78 is 4.58. The summed E-state index contributed by atoms with van der Waals surface area (Å²) in [6.07, 6.45) is 1.64. The highest BCUT2D eigenvalue weighted by Gasteiger charge is 2.10. The van der Waals surface area contributed by atoms with Crippen LogP contribution in [-0.2, 0) is 16.0 Å². The van der Waals surface area contributed by atoms with Gasteiger partial charge in [-0.05, 0) is 43.4 Å². The van der Waals surface area contributed by atoms with Gasteiger partial charge in [-0.2, -0.15) is 0 Å². The molecule has 4 nitrogen and oxygen atoms in total. The molecule has 0 aromatic heterocycles. The molecule has 0 fully saturated rings. The van der Waals surface area contributed by atoms with Gasteiger partial charge in [0.05, 0.1) is 7.11 Å². The van der Waals surface area contributed by atoms with Crippen molar-refractivity contribution in [2.75, 3.05) is 7.11 Å². The van der Waals surface area contributed by atoms with E-state index in [0.717, 1.165) is 16.7 Å². The van der Waals surface area contributed by atoms with Crippen LogP contribution in [0.5, 0.6) is 5.75 Å². The molecule has 3 N–H and O–H groups in total. The largest absolute Gasteiger partial charge is 0.507 e. The second-order valence-electron chi connectivity index (χ2n) is 4.66. The van der Waals surface area contributed by atoms with E-state index < -0.39 is 0 Å². The van der Waals surface area contributed by atoms with Crippen molar-refractivity contribution in [2.45, 2.75) is 39.2 Å². The van der Waals surface area contributed by atoms with Crippen LogP contribution in [-0.4, -0.2) is 24.2 Å². The van der Waals surface area contributed by atoms with Gasteiger partial charge in [-0.3, -0.25) is 4.79 Å². The number of nitrogens with two attached hydrogens (primary N) is 1. The number of phenols is 1. The average molecular weight is 251 g/mol. The summed E-state index contributed by atoms with van der Waals surface area (Å²) in [7, 11) is 1.38. The summed E-state index contributed by atoms with van der Waals surface area (Å²) in [5, 5.41) is 9.68. The molecule has 0 bridgehead atoms. The van der Waals surface area contributed by atoms with Crippen LogP contribution >= 0.6 is 0 Å². The number of hydrogen-bond acceptors (Lipinski definition) is 4. The van der Waals surface area contributed by atoms with Crippen LogP contribution in [0.4, 0.5) is 0 Å². The zero-order valence-electron chi connectivity index (χ0n) is 11.2. The fourth-order valence-corrected chi connectivity index (χ4v) is 1.97. The number of carbonyl (C=O) groups is 1. The van der Waals surface area contributed by atoms with E-state index in [2.05, 4.69) is 4.74 Å². The van der Waals surface area contributed by atoms with Gasteiger partial charge in [0.1, 0.15) is 5.75 Å². The summed E-state index contributed by atoms with van der Waals surface area (Å²) in [6.45, 7) is 3.73. The van der Waals surface area contributed by atoms with Crippen molar-refractivity contribution in [1.29, 1.82) is 0 Å². The van der Waals surface area contributed by atoms with Crippen LogP contribution in [0.25, 0.3) is 0 Å². The van der Waals surface area contributed by atoms with Crippen molar-refractivity contribution >= 4 is 5.97 Å². The SMILES string of the molecule is COC(=O)CCC(N)Cc1cc(C)c(O)c(C)c1. The molecule has 18 heavy (non-hydrogen) atoms. The topological polar surface area (TPSA) is 72.5 Å². The smallest absolute Gasteiger partial charge is 0.305 e. The zero-order chi connectivity index (χ0) is 13.7. The van der Waals surface area contributed by atoms with Crippen molar-refractivity contribution in [3.05, 3.63) is 28.8 Å². The Bertz CT molecular complexity index is 406. The Kier molecular flexibility index (Phi) is 5.16. The molecule has 100 valence electrons. The van der Waals surface area contributed by atoms with E-state index in [1.54, 1.807) is 0 Å². The normalized spacial score (nSPS) is 12.2. The Balaban J connectivity index is 2.59. The average Bonchev–Trinajstić information content (AvgIpc) is 2.32. The highest BCUT2D eigenvalue weighted by atomic mass is 16.5. The number of hydrogen-bond donors (Lipinski definition) is 2. The Morgan fingerprint density at radius 1 is 1.39 bits per heavy atom. The first-order valence-electron chi connectivity index (χ1n) is 6.05. The lowest BCUT2D eigenvalue weighted by molar-refractivity contribution is -0.140. The highest BCUT2D eigenvalue weighted by Crippen LogP contribution is 2.23. The van der Waals surface area contributed by atoms with E-state index in [1.807, 2.05) is 26.0 Å². The third kappa shape index (κ3) is 4.04. The Hall–Kier alpha value is -1.55. The summed E-state index contributed by atoms with van der Waals surface area (Å²) in [5.74, 6) is 0.102. The van der Waals surface area contributed by atoms with Gasteiger partial charge in [-0.15, -0.1) is 0 Å². The van der Waals surface area contributed by atoms with Gasteiger partial charge in [0.15, 0.2) is 0 Å². The van der Waals surface area contributed by atoms with E-state index in [1.165, 1.54) is 7.11 Å². The Morgan fingerprint density at radius 2 is 1.94 bits per heavy atom. The van der Waals surface area contributed by atoms with E-state index in [-0.39, 0.29) is 12.0 Å². The molecular weight excluding hydrogens is 230 g/mol. The molecule has 0 aliphatic carbocycles. The molecule has 1 aromatic carbocycles. The van der Waals surface area contributed by atoms with Crippen molar-refractivity contribution in [3.8, 4) is 5.75 Å². The molecular formula is C14H21NO3. The summed E-state index contributed by atoms with van der Waals surface area (Å²) >= 11 is 0. The third-order valence-corrected chi connectivity index (χ3v) is 3.00. The van der Waals surface area contributed by atoms with Gasteiger partial charge in [0, 0.05) is 12.5 Å². The lowest BCUT2D eigenvalue weighted by Gasteiger charge is -2.13. The minimum atomic E-state index is -0.233. The number of methoxy groups -OCH3 is 1. The molecule has 0 aliphatic heterocycles. The van der Waals surface area contributed by atoms with Crippen LogP contribution < -0.4 is 5.73 Å². The van der Waals surface area contributed by atoms with E-state index >= 15 is 0 Å². The third-order valence-electron chi connectivity index (χ3n) is 3.00. The second kappa shape index (κ2) is 6.40. The van der Waals surface area contributed by atoms with Crippen LogP contribution in [0.2, 0.25) is 0 Å². The maximum atomic E-state index is 11.0. The minimum absolute atomic E-state index is 0.0764. The van der Waals surface area contributed by atoms with Gasteiger partial charge in [0.25, 0.3) is 0 Å². The van der Waals surface area contributed by atoms with Gasteiger partial charge in [-0.1, -0.05) is 12.1 Å². The summed E-state index contributed by atoms with van der Waals surface area (Å²) in [5.41, 5.74) is 8.76. The van der Waals surface area contributed by atoms with Crippen molar-refractivity contribution < 1.29 is 14.6 Å². The molecule has 1 atom stereocenters. The molecule has 0 saturated carbocycles. The molecule has 0 spiro atoms. The zero-order valence-corrected chi connectivity index (χ0v) is 11.2. The molecule has 0 heterocycles. The van der Waals surface area contributed by atoms with Crippen molar-refractivity contribution in [3.63, 3.8) is 0 Å².